The number of ketones is 1. The highest BCUT2D eigenvalue weighted by Gasteiger charge is 2.43. The molecule has 1 atom stereocenters. The first-order valence-corrected chi connectivity index (χ1v) is 4.54. The van der Waals surface area contributed by atoms with Crippen molar-refractivity contribution in [3.63, 3.8) is 0 Å². The molecule has 0 aliphatic carbocycles. The Morgan fingerprint density at radius 2 is 1.75 bits per heavy atom. The topological polar surface area (TPSA) is 83.8 Å². The molecule has 5 nitrogen and oxygen atoms in total. The lowest BCUT2D eigenvalue weighted by molar-refractivity contribution is -0.165. The van der Waals surface area contributed by atoms with E-state index in [1.165, 1.54) is 31.4 Å². The van der Waals surface area contributed by atoms with Crippen molar-refractivity contribution >= 4 is 11.8 Å². The molecule has 86 valence electrons. The Morgan fingerprint density at radius 3 is 2.06 bits per heavy atom. The molecule has 0 saturated heterocycles. The van der Waals surface area contributed by atoms with E-state index in [9.17, 15) is 14.7 Å². The zero-order chi connectivity index (χ0) is 12.3. The number of carboxylic acids is 1. The van der Waals surface area contributed by atoms with Crippen LogP contribution in [0.3, 0.4) is 0 Å². The van der Waals surface area contributed by atoms with Gasteiger partial charge in [0.1, 0.15) is 5.75 Å². The molecule has 2 N–H and O–H groups in total. The minimum Gasteiger partial charge on any atom is -0.497 e. The largest absolute Gasteiger partial charge is 0.497 e. The molecule has 0 spiro atoms. The highest BCUT2D eigenvalue weighted by atomic mass is 16.5. The maximum absolute atomic E-state index is 11.2. The second-order valence-corrected chi connectivity index (χ2v) is 3.30. The molecule has 0 aliphatic heterocycles. The number of hydrogen-bond donors (Lipinski definition) is 2. The third kappa shape index (κ3) is 1.90. The number of carbonyl (C=O) groups is 2. The molecule has 0 radical (unpaired) electrons. The number of aliphatic carboxylic acids is 1. The first-order chi connectivity index (χ1) is 7.42. The van der Waals surface area contributed by atoms with Crippen LogP contribution in [0.25, 0.3) is 0 Å². The Hall–Kier alpha value is -1.88. The van der Waals surface area contributed by atoms with Gasteiger partial charge < -0.3 is 14.9 Å². The van der Waals surface area contributed by atoms with Crippen LogP contribution in [-0.2, 0) is 15.2 Å². The normalized spacial score (nSPS) is 13.9. The molecule has 1 rings (SSSR count). The van der Waals surface area contributed by atoms with E-state index in [-0.39, 0.29) is 5.56 Å². The fourth-order valence-electron chi connectivity index (χ4n) is 1.31. The Bertz CT molecular complexity index is 393. The molecule has 5 heteroatoms. The molecule has 0 saturated carbocycles. The molecule has 0 aromatic heterocycles. The highest BCUT2D eigenvalue weighted by Crippen LogP contribution is 2.24. The number of benzene rings is 1. The van der Waals surface area contributed by atoms with Gasteiger partial charge in [-0.25, -0.2) is 4.79 Å². The van der Waals surface area contributed by atoms with Crippen LogP contribution in [-0.4, -0.2) is 29.1 Å². The monoisotopic (exact) mass is 224 g/mol. The van der Waals surface area contributed by atoms with Gasteiger partial charge in [0.15, 0.2) is 5.78 Å². The van der Waals surface area contributed by atoms with Crippen LogP contribution < -0.4 is 4.74 Å². The zero-order valence-corrected chi connectivity index (χ0v) is 8.93. The van der Waals surface area contributed by atoms with Gasteiger partial charge in [0.05, 0.1) is 7.11 Å². The minimum absolute atomic E-state index is 0.00769. The molecule has 1 aromatic rings. The summed E-state index contributed by atoms with van der Waals surface area (Å²) in [5, 5.41) is 18.7. The zero-order valence-electron chi connectivity index (χ0n) is 8.93. The number of aliphatic hydroxyl groups is 1. The summed E-state index contributed by atoms with van der Waals surface area (Å²) in [5.41, 5.74) is -2.49. The van der Waals surface area contributed by atoms with Crippen LogP contribution >= 0.6 is 0 Å². The summed E-state index contributed by atoms with van der Waals surface area (Å²) in [7, 11) is 1.46. The maximum Gasteiger partial charge on any atom is 0.348 e. The van der Waals surface area contributed by atoms with E-state index >= 15 is 0 Å². The van der Waals surface area contributed by atoms with Crippen LogP contribution in [0.5, 0.6) is 5.75 Å². The second kappa shape index (κ2) is 4.32. The third-order valence-corrected chi connectivity index (χ3v) is 2.33. The van der Waals surface area contributed by atoms with Crippen LogP contribution in [0.2, 0.25) is 0 Å². The first-order valence-electron chi connectivity index (χ1n) is 4.54. The SMILES string of the molecule is COc1ccc(C(O)(C(C)=O)C(=O)O)cc1. The van der Waals surface area contributed by atoms with E-state index in [1.54, 1.807) is 0 Å². The van der Waals surface area contributed by atoms with E-state index in [0.29, 0.717) is 5.75 Å². The predicted molar refractivity (Wildman–Crippen MR) is 55.2 cm³/mol. The molecule has 0 fully saturated rings. The van der Waals surface area contributed by atoms with Gasteiger partial charge in [0, 0.05) is 5.56 Å². The van der Waals surface area contributed by atoms with Crippen molar-refractivity contribution in [1.29, 1.82) is 0 Å². The second-order valence-electron chi connectivity index (χ2n) is 3.30. The number of carbonyl (C=O) groups excluding carboxylic acids is 1. The van der Waals surface area contributed by atoms with E-state index in [0.717, 1.165) is 6.92 Å². The molecular weight excluding hydrogens is 212 g/mol. The summed E-state index contributed by atoms with van der Waals surface area (Å²) in [5.74, 6) is -1.92. The van der Waals surface area contributed by atoms with Crippen LogP contribution in [0, 0.1) is 0 Å². The average molecular weight is 224 g/mol. The van der Waals surface area contributed by atoms with Gasteiger partial charge in [-0.15, -0.1) is 0 Å². The van der Waals surface area contributed by atoms with Crippen LogP contribution in [0.4, 0.5) is 0 Å². The lowest BCUT2D eigenvalue weighted by Crippen LogP contribution is -2.42. The quantitative estimate of drug-likeness (QED) is 0.730. The summed E-state index contributed by atoms with van der Waals surface area (Å²) < 4.78 is 4.89. The lowest BCUT2D eigenvalue weighted by atomic mass is 9.90. The number of methoxy groups -OCH3 is 1. The molecule has 1 aromatic carbocycles. The molecule has 0 amide bonds. The molecule has 0 aliphatic rings. The number of Topliss-reactive ketones (excluding diaryl/α,β-unsaturated/α-hetero) is 1. The first kappa shape index (κ1) is 12.2. The van der Waals surface area contributed by atoms with Gasteiger partial charge in [-0.3, -0.25) is 4.79 Å². The van der Waals surface area contributed by atoms with Gasteiger partial charge >= 0.3 is 5.97 Å². The summed E-state index contributed by atoms with van der Waals surface area (Å²) in [6.07, 6.45) is 0. The average Bonchev–Trinajstić information content (AvgIpc) is 2.27. The van der Waals surface area contributed by atoms with Crippen molar-refractivity contribution in [2.75, 3.05) is 7.11 Å². The van der Waals surface area contributed by atoms with Crippen molar-refractivity contribution in [3.05, 3.63) is 29.8 Å². The lowest BCUT2D eigenvalue weighted by Gasteiger charge is -2.20. The van der Waals surface area contributed by atoms with Gasteiger partial charge in [-0.05, 0) is 19.1 Å². The molecule has 16 heavy (non-hydrogen) atoms. The van der Waals surface area contributed by atoms with Crippen molar-refractivity contribution in [2.45, 2.75) is 12.5 Å². The van der Waals surface area contributed by atoms with E-state index in [1.807, 2.05) is 0 Å². The Morgan fingerprint density at radius 1 is 1.25 bits per heavy atom. The maximum atomic E-state index is 11.2. The molecular formula is C11H12O5. The standard InChI is InChI=1S/C11H12O5/c1-7(12)11(15,10(13)14)8-3-5-9(16-2)6-4-8/h3-6,15H,1-2H3,(H,13,14). The number of rotatable bonds is 4. The fourth-order valence-corrected chi connectivity index (χ4v) is 1.31. The van der Waals surface area contributed by atoms with Gasteiger partial charge in [0.25, 0.3) is 0 Å². The summed E-state index contributed by atoms with van der Waals surface area (Å²) in [6, 6.07) is 5.64. The molecule has 0 bridgehead atoms. The third-order valence-electron chi connectivity index (χ3n) is 2.33. The molecule has 1 unspecified atom stereocenters. The van der Waals surface area contributed by atoms with E-state index in [4.69, 9.17) is 9.84 Å². The van der Waals surface area contributed by atoms with Crippen molar-refractivity contribution < 1.29 is 24.5 Å². The van der Waals surface area contributed by atoms with E-state index in [2.05, 4.69) is 0 Å². The van der Waals surface area contributed by atoms with Crippen LogP contribution in [0.1, 0.15) is 12.5 Å². The summed E-state index contributed by atoms with van der Waals surface area (Å²) in [4.78, 5) is 22.1. The van der Waals surface area contributed by atoms with E-state index < -0.39 is 17.4 Å². The summed E-state index contributed by atoms with van der Waals surface area (Å²) >= 11 is 0. The number of ether oxygens (including phenoxy) is 1. The summed E-state index contributed by atoms with van der Waals surface area (Å²) in [6.45, 7) is 1.03. The fraction of sp³-hybridized carbons (Fsp3) is 0.273. The smallest absolute Gasteiger partial charge is 0.348 e. The minimum atomic E-state index is -2.49. The number of carboxylic acid groups (broad SMARTS) is 1. The predicted octanol–water partition coefficient (Wildman–Crippen LogP) is 0.556. The van der Waals surface area contributed by atoms with Gasteiger partial charge in [-0.1, -0.05) is 12.1 Å². The van der Waals surface area contributed by atoms with Gasteiger partial charge in [-0.2, -0.15) is 0 Å². The van der Waals surface area contributed by atoms with Crippen molar-refractivity contribution in [1.82, 2.24) is 0 Å². The number of hydrogen-bond acceptors (Lipinski definition) is 4. The highest BCUT2D eigenvalue weighted by molar-refractivity contribution is 6.05. The Kier molecular flexibility index (Phi) is 3.29. The van der Waals surface area contributed by atoms with Crippen molar-refractivity contribution in [2.24, 2.45) is 0 Å². The molecule has 0 heterocycles. The Labute approximate surface area is 92.3 Å². The van der Waals surface area contributed by atoms with Gasteiger partial charge in [0.2, 0.25) is 5.60 Å². The Balaban J connectivity index is 3.22. The van der Waals surface area contributed by atoms with Crippen LogP contribution in [0.15, 0.2) is 24.3 Å². The van der Waals surface area contributed by atoms with Crippen molar-refractivity contribution in [3.8, 4) is 5.75 Å².